The van der Waals surface area contributed by atoms with Crippen LogP contribution >= 0.6 is 34.5 Å². The second-order valence-corrected chi connectivity index (χ2v) is 12.5. The third-order valence-corrected chi connectivity index (χ3v) is 9.69. The Labute approximate surface area is 288 Å². The highest BCUT2D eigenvalue weighted by Crippen LogP contribution is 2.48. The number of nitriles is 3. The molecule has 0 N–H and O–H groups in total. The Kier molecular flexibility index (Phi) is 10.4. The lowest BCUT2D eigenvalue weighted by Crippen LogP contribution is -2.23. The summed E-state index contributed by atoms with van der Waals surface area (Å²) in [5.41, 5.74) is 1.90. The van der Waals surface area contributed by atoms with Crippen molar-refractivity contribution in [2.75, 3.05) is 31.2 Å². The Hall–Kier alpha value is -4.91. The van der Waals surface area contributed by atoms with Crippen LogP contribution < -0.4 is 14.4 Å². The Morgan fingerprint density at radius 1 is 0.872 bits per heavy atom. The zero-order chi connectivity index (χ0) is 33.6. The van der Waals surface area contributed by atoms with E-state index in [0.717, 1.165) is 28.4 Å². The van der Waals surface area contributed by atoms with Gasteiger partial charge in [0.05, 0.1) is 19.8 Å². The second kappa shape index (κ2) is 14.7. The topological polar surface area (TPSA) is 102 Å². The predicted octanol–water partition coefficient (Wildman–Crippen LogP) is 9.48. The maximum Gasteiger partial charge on any atom is 0.180 e. The van der Waals surface area contributed by atoms with Crippen LogP contribution in [0.2, 0.25) is 10.0 Å². The molecule has 2 aliphatic heterocycles. The number of anilines is 1. The van der Waals surface area contributed by atoms with Gasteiger partial charge in [-0.05, 0) is 62.8 Å². The molecule has 1 unspecified atom stereocenters. The van der Waals surface area contributed by atoms with Crippen molar-refractivity contribution in [3.63, 3.8) is 0 Å². The van der Waals surface area contributed by atoms with Crippen LogP contribution in [0.3, 0.4) is 0 Å². The summed E-state index contributed by atoms with van der Waals surface area (Å²) in [4.78, 5) is 4.12. The fraction of sp³-hybridized carbons (Fsp3) is 0.216. The molecule has 1 aromatic heterocycles. The van der Waals surface area contributed by atoms with Gasteiger partial charge in [0, 0.05) is 29.9 Å². The van der Waals surface area contributed by atoms with Crippen LogP contribution in [-0.2, 0) is 10.3 Å². The number of benzene rings is 2. The summed E-state index contributed by atoms with van der Waals surface area (Å²) in [6, 6.07) is 19.3. The summed E-state index contributed by atoms with van der Waals surface area (Å²) < 4.78 is 18.2. The normalized spacial score (nSPS) is 17.2. The van der Waals surface area contributed by atoms with Crippen molar-refractivity contribution in [2.45, 2.75) is 26.4 Å². The molecule has 0 fully saturated rings. The maximum atomic E-state index is 10.1. The molecule has 3 aromatic rings. The van der Waals surface area contributed by atoms with Gasteiger partial charge < -0.3 is 19.1 Å². The van der Waals surface area contributed by atoms with Crippen LogP contribution in [0.1, 0.15) is 41.7 Å². The molecular formula is C37H30Cl2N4O3S. The number of hydrogen-bond acceptors (Lipinski definition) is 8. The summed E-state index contributed by atoms with van der Waals surface area (Å²) in [6.45, 7) is 8.88. The average Bonchev–Trinajstić information content (AvgIpc) is 3.59. The van der Waals surface area contributed by atoms with Crippen LogP contribution in [-0.4, -0.2) is 26.3 Å². The zero-order valence-electron chi connectivity index (χ0n) is 26.0. The van der Waals surface area contributed by atoms with Gasteiger partial charge in [-0.1, -0.05) is 65.7 Å². The van der Waals surface area contributed by atoms with Crippen LogP contribution in [0, 0.1) is 34.0 Å². The summed E-state index contributed by atoms with van der Waals surface area (Å²) in [7, 11) is 0. The van der Waals surface area contributed by atoms with Gasteiger partial charge in [0.2, 0.25) is 0 Å². The average molecular weight is 682 g/mol. The van der Waals surface area contributed by atoms with Crippen molar-refractivity contribution in [1.82, 2.24) is 0 Å². The van der Waals surface area contributed by atoms with Gasteiger partial charge in [0.1, 0.15) is 37.0 Å². The van der Waals surface area contributed by atoms with Gasteiger partial charge in [0.15, 0.2) is 28.4 Å². The number of hydrogen-bond donors (Lipinski definition) is 0. The highest BCUT2D eigenvalue weighted by atomic mass is 35.5. The first kappa shape index (κ1) is 33.5. The van der Waals surface area contributed by atoms with E-state index in [2.05, 4.69) is 55.2 Å². The number of rotatable bonds is 9. The van der Waals surface area contributed by atoms with Gasteiger partial charge in [-0.15, -0.1) is 11.3 Å². The van der Waals surface area contributed by atoms with Gasteiger partial charge in [-0.25, -0.2) is 0 Å². The lowest BCUT2D eigenvalue weighted by molar-refractivity contribution is 0.0755. The Morgan fingerprint density at radius 2 is 1.51 bits per heavy atom. The highest BCUT2D eigenvalue weighted by molar-refractivity contribution is 7.14. The number of halogens is 2. The van der Waals surface area contributed by atoms with Crippen LogP contribution in [0.5, 0.6) is 11.5 Å². The summed E-state index contributed by atoms with van der Waals surface area (Å²) in [5.74, 6) is 1.32. The standard InChI is InChI=1S/C37H30Cl2N4O3S/c1-4-43(5-2)27-14-10-24(11-15-27)12-17-33-36-35(44-18-19-45-36)32(47-33)9-7-6-8-29-28(23-42)34(25(21-40)22-41)46-37(29,3)26-13-16-30(38)31(39)20-26/h6-17,20H,4-5,18-19H2,1-3H3/b8-6+,9-7+,17-12+. The van der Waals surface area contributed by atoms with Gasteiger partial charge >= 0.3 is 0 Å². The fourth-order valence-corrected chi connectivity index (χ4v) is 6.71. The first-order valence-corrected chi connectivity index (χ1v) is 16.5. The van der Waals surface area contributed by atoms with Crippen LogP contribution in [0.4, 0.5) is 5.69 Å². The SMILES string of the molecule is CCN(CC)c1ccc(/C=C/c2sc(/C=C/C=C/C3=C(C#N)C(=C(C#N)C#N)OC3(C)c3ccc(Cl)c(Cl)c3)c3c2OCCO3)cc1. The molecule has 0 saturated heterocycles. The molecule has 0 aliphatic carbocycles. The van der Waals surface area contributed by atoms with E-state index in [-0.39, 0.29) is 16.9 Å². The van der Waals surface area contributed by atoms with E-state index < -0.39 is 5.60 Å². The Balaban J connectivity index is 1.46. The molecule has 0 saturated carbocycles. The van der Waals surface area contributed by atoms with Crippen molar-refractivity contribution in [3.05, 3.63) is 114 Å². The van der Waals surface area contributed by atoms with E-state index in [1.807, 2.05) is 30.4 Å². The molecule has 0 bridgehead atoms. The van der Waals surface area contributed by atoms with Gasteiger partial charge in [-0.3, -0.25) is 0 Å². The molecule has 0 spiro atoms. The van der Waals surface area contributed by atoms with Gasteiger partial charge in [0.25, 0.3) is 0 Å². The molecule has 236 valence electrons. The van der Waals surface area contributed by atoms with Crippen LogP contribution in [0.15, 0.2) is 83.2 Å². The lowest BCUT2D eigenvalue weighted by atomic mass is 9.86. The van der Waals surface area contributed by atoms with E-state index in [1.54, 1.807) is 48.6 Å². The largest absolute Gasteiger partial charge is 0.485 e. The Morgan fingerprint density at radius 3 is 2.11 bits per heavy atom. The number of nitrogens with zero attached hydrogens (tertiary/aromatic N) is 4. The Bertz CT molecular complexity index is 1950. The predicted molar refractivity (Wildman–Crippen MR) is 188 cm³/mol. The van der Waals surface area contributed by atoms with E-state index in [1.165, 1.54) is 5.69 Å². The lowest BCUT2D eigenvalue weighted by Gasteiger charge is -2.27. The number of fused-ring (bicyclic) bond motifs is 1. The number of allylic oxidation sites excluding steroid dienone is 4. The second-order valence-electron chi connectivity index (χ2n) is 10.6. The van der Waals surface area contributed by atoms with E-state index in [0.29, 0.717) is 45.9 Å². The number of ether oxygens (including phenoxy) is 3. The minimum absolute atomic E-state index is 0.0771. The molecular weight excluding hydrogens is 651 g/mol. The molecule has 3 heterocycles. The molecule has 10 heteroatoms. The van der Waals surface area contributed by atoms with E-state index >= 15 is 0 Å². The van der Waals surface area contributed by atoms with Crippen LogP contribution in [0.25, 0.3) is 18.2 Å². The summed E-state index contributed by atoms with van der Waals surface area (Å²) in [5, 5.41) is 29.9. The third-order valence-electron chi connectivity index (χ3n) is 7.87. The minimum Gasteiger partial charge on any atom is -0.485 e. The first-order chi connectivity index (χ1) is 22.8. The van der Waals surface area contributed by atoms with Crippen molar-refractivity contribution in [3.8, 4) is 29.7 Å². The summed E-state index contributed by atoms with van der Waals surface area (Å²) in [6.07, 6.45) is 11.4. The summed E-state index contributed by atoms with van der Waals surface area (Å²) >= 11 is 14.0. The van der Waals surface area contributed by atoms with Crippen molar-refractivity contribution < 1.29 is 14.2 Å². The molecule has 0 amide bonds. The molecule has 0 radical (unpaired) electrons. The quantitative estimate of drug-likeness (QED) is 0.164. The van der Waals surface area contributed by atoms with Crippen molar-refractivity contribution >= 4 is 58.5 Å². The molecule has 47 heavy (non-hydrogen) atoms. The molecule has 5 rings (SSSR count). The third kappa shape index (κ3) is 6.80. The van der Waals surface area contributed by atoms with Crippen molar-refractivity contribution in [1.29, 1.82) is 15.8 Å². The minimum atomic E-state index is -1.22. The number of thiophene rings is 1. The molecule has 7 nitrogen and oxygen atoms in total. The monoisotopic (exact) mass is 680 g/mol. The van der Waals surface area contributed by atoms with E-state index in [4.69, 9.17) is 37.4 Å². The molecule has 2 aliphatic rings. The van der Waals surface area contributed by atoms with E-state index in [9.17, 15) is 15.8 Å². The fourth-order valence-electron chi connectivity index (χ4n) is 5.40. The first-order valence-electron chi connectivity index (χ1n) is 14.9. The highest BCUT2D eigenvalue weighted by Gasteiger charge is 2.44. The van der Waals surface area contributed by atoms with Crippen molar-refractivity contribution in [2.24, 2.45) is 0 Å². The zero-order valence-corrected chi connectivity index (χ0v) is 28.3. The molecule has 1 atom stereocenters. The molecule has 2 aromatic carbocycles. The maximum absolute atomic E-state index is 10.1. The van der Waals surface area contributed by atoms with Gasteiger partial charge in [-0.2, -0.15) is 15.8 Å². The smallest absolute Gasteiger partial charge is 0.180 e.